The second-order valence-electron chi connectivity index (χ2n) is 5.65. The molecule has 1 atom stereocenters. The maximum atomic E-state index is 12.0. The van der Waals surface area contributed by atoms with E-state index in [0.717, 1.165) is 12.2 Å². The number of benzene rings is 1. The van der Waals surface area contributed by atoms with Gasteiger partial charge in [-0.2, -0.15) is 0 Å². The fourth-order valence-corrected chi connectivity index (χ4v) is 3.87. The van der Waals surface area contributed by atoms with Gasteiger partial charge in [-0.25, -0.2) is 0 Å². The molecule has 0 saturated carbocycles. The van der Waals surface area contributed by atoms with Crippen LogP contribution in [0.4, 0.5) is 0 Å². The van der Waals surface area contributed by atoms with Crippen molar-refractivity contribution in [3.8, 4) is 0 Å². The molecule has 22 heavy (non-hydrogen) atoms. The maximum absolute atomic E-state index is 12.0. The van der Waals surface area contributed by atoms with Gasteiger partial charge in [-0.1, -0.05) is 18.2 Å². The summed E-state index contributed by atoms with van der Waals surface area (Å²) in [6.45, 7) is 4.39. The highest BCUT2D eigenvalue weighted by Gasteiger charge is 2.37. The molecule has 2 amide bonds. The molecule has 1 saturated heterocycles. The van der Waals surface area contributed by atoms with Gasteiger partial charge in [0, 0.05) is 17.2 Å². The highest BCUT2D eigenvalue weighted by Crippen LogP contribution is 2.28. The summed E-state index contributed by atoms with van der Waals surface area (Å²) in [6, 6.07) is 9.80. The van der Waals surface area contributed by atoms with Crippen LogP contribution in [-0.4, -0.2) is 40.7 Å². The van der Waals surface area contributed by atoms with Crippen molar-refractivity contribution >= 4 is 35.3 Å². The lowest BCUT2D eigenvalue weighted by molar-refractivity contribution is -0.129. The number of hydrogen-bond acceptors (Lipinski definition) is 4. The van der Waals surface area contributed by atoms with Gasteiger partial charge in [-0.05, 0) is 38.2 Å². The molecular weight excluding hydrogens is 316 g/mol. The standard InChI is InChI=1S/C16H22N2O2S2/c1-16(2)15(20)18-13(11-22-16)14(19)17-9-6-10-21-12-7-4-3-5-8-12/h3-5,7-8,13H,6,9-11H2,1-2H3,(H,17,19)(H,18,20). The minimum absolute atomic E-state index is 0.0662. The van der Waals surface area contributed by atoms with Crippen molar-refractivity contribution in [2.24, 2.45) is 0 Å². The van der Waals surface area contributed by atoms with E-state index in [4.69, 9.17) is 0 Å². The molecule has 1 fully saturated rings. The van der Waals surface area contributed by atoms with Crippen LogP contribution in [0.2, 0.25) is 0 Å². The van der Waals surface area contributed by atoms with Crippen molar-refractivity contribution in [2.45, 2.75) is 36.0 Å². The third kappa shape index (κ3) is 4.95. The number of nitrogens with one attached hydrogen (secondary N) is 2. The second kappa shape index (κ2) is 7.92. The molecule has 2 N–H and O–H groups in total. The SMILES string of the molecule is CC1(C)SCC(C(=O)NCCCSc2ccccc2)NC1=O. The third-order valence-electron chi connectivity index (χ3n) is 3.41. The molecule has 0 bridgehead atoms. The molecule has 0 aromatic heterocycles. The van der Waals surface area contributed by atoms with Crippen molar-refractivity contribution in [3.05, 3.63) is 30.3 Å². The molecule has 1 unspecified atom stereocenters. The maximum Gasteiger partial charge on any atom is 0.243 e. The Hall–Kier alpha value is -1.14. The zero-order valence-corrected chi connectivity index (χ0v) is 14.6. The first kappa shape index (κ1) is 17.2. The van der Waals surface area contributed by atoms with Crippen LogP contribution in [0.3, 0.4) is 0 Å². The average Bonchev–Trinajstić information content (AvgIpc) is 2.50. The summed E-state index contributed by atoms with van der Waals surface area (Å²) >= 11 is 3.31. The molecule has 1 aliphatic heterocycles. The van der Waals surface area contributed by atoms with Crippen LogP contribution < -0.4 is 10.6 Å². The second-order valence-corrected chi connectivity index (χ2v) is 8.46. The van der Waals surface area contributed by atoms with E-state index >= 15 is 0 Å². The Balaban J connectivity index is 1.63. The van der Waals surface area contributed by atoms with E-state index in [0.29, 0.717) is 12.3 Å². The van der Waals surface area contributed by atoms with Gasteiger partial charge < -0.3 is 10.6 Å². The van der Waals surface area contributed by atoms with Crippen molar-refractivity contribution in [1.29, 1.82) is 0 Å². The summed E-state index contributed by atoms with van der Waals surface area (Å²) in [5, 5.41) is 5.70. The molecule has 0 aliphatic carbocycles. The van der Waals surface area contributed by atoms with Gasteiger partial charge in [-0.15, -0.1) is 23.5 Å². The number of rotatable bonds is 6. The molecular formula is C16H22N2O2S2. The summed E-state index contributed by atoms with van der Waals surface area (Å²) in [5.74, 6) is 1.44. The van der Waals surface area contributed by atoms with Gasteiger partial charge in [0.2, 0.25) is 11.8 Å². The molecule has 0 radical (unpaired) electrons. The quantitative estimate of drug-likeness (QED) is 0.617. The highest BCUT2D eigenvalue weighted by atomic mass is 32.2. The van der Waals surface area contributed by atoms with Crippen molar-refractivity contribution in [2.75, 3.05) is 18.1 Å². The molecule has 1 aromatic rings. The largest absolute Gasteiger partial charge is 0.354 e. The summed E-state index contributed by atoms with van der Waals surface area (Å²) in [4.78, 5) is 25.1. The Morgan fingerprint density at radius 1 is 1.41 bits per heavy atom. The van der Waals surface area contributed by atoms with Crippen LogP contribution in [0, 0.1) is 0 Å². The first-order valence-corrected chi connectivity index (χ1v) is 9.36. The molecule has 120 valence electrons. The topological polar surface area (TPSA) is 58.2 Å². The van der Waals surface area contributed by atoms with E-state index in [1.54, 1.807) is 11.8 Å². The van der Waals surface area contributed by atoms with Crippen LogP contribution in [0.25, 0.3) is 0 Å². The Bertz CT molecular complexity index is 520. The van der Waals surface area contributed by atoms with Crippen molar-refractivity contribution in [3.63, 3.8) is 0 Å². The Kier molecular flexibility index (Phi) is 6.20. The fourth-order valence-electron chi connectivity index (χ4n) is 1.99. The lowest BCUT2D eigenvalue weighted by Gasteiger charge is -2.32. The van der Waals surface area contributed by atoms with Crippen LogP contribution in [-0.2, 0) is 9.59 Å². The van der Waals surface area contributed by atoms with E-state index in [-0.39, 0.29) is 11.8 Å². The van der Waals surface area contributed by atoms with Gasteiger partial charge >= 0.3 is 0 Å². The van der Waals surface area contributed by atoms with Crippen LogP contribution >= 0.6 is 23.5 Å². The molecule has 2 rings (SSSR count). The molecule has 1 heterocycles. The fraction of sp³-hybridized carbons (Fsp3) is 0.500. The predicted octanol–water partition coefficient (Wildman–Crippen LogP) is 2.30. The summed E-state index contributed by atoms with van der Waals surface area (Å²) < 4.78 is -0.441. The van der Waals surface area contributed by atoms with Gasteiger partial charge in [0.15, 0.2) is 0 Å². The molecule has 1 aliphatic rings. The number of carbonyl (C=O) groups is 2. The van der Waals surface area contributed by atoms with Crippen LogP contribution in [0.5, 0.6) is 0 Å². The number of carbonyl (C=O) groups excluding carboxylic acids is 2. The first-order valence-electron chi connectivity index (χ1n) is 7.39. The van der Waals surface area contributed by atoms with Crippen LogP contribution in [0.15, 0.2) is 35.2 Å². The zero-order chi connectivity index (χ0) is 16.0. The minimum Gasteiger partial charge on any atom is -0.354 e. The number of amides is 2. The van der Waals surface area contributed by atoms with Gasteiger partial charge in [0.05, 0.1) is 4.75 Å². The Labute approximate surface area is 140 Å². The zero-order valence-electron chi connectivity index (χ0n) is 12.9. The number of thioether (sulfide) groups is 2. The van der Waals surface area contributed by atoms with Crippen molar-refractivity contribution < 1.29 is 9.59 Å². The highest BCUT2D eigenvalue weighted by molar-refractivity contribution is 8.01. The molecule has 0 spiro atoms. The number of hydrogen-bond donors (Lipinski definition) is 2. The normalized spacial score (nSPS) is 20.3. The van der Waals surface area contributed by atoms with E-state index in [1.807, 2.05) is 32.0 Å². The van der Waals surface area contributed by atoms with E-state index in [2.05, 4.69) is 22.8 Å². The van der Waals surface area contributed by atoms with Gasteiger partial charge in [0.1, 0.15) is 6.04 Å². The molecule has 1 aromatic carbocycles. The summed E-state index contributed by atoms with van der Waals surface area (Å²) in [5.41, 5.74) is 0. The Morgan fingerprint density at radius 2 is 2.14 bits per heavy atom. The third-order valence-corrected chi connectivity index (χ3v) is 5.92. The molecule has 6 heteroatoms. The predicted molar refractivity (Wildman–Crippen MR) is 93.3 cm³/mol. The summed E-state index contributed by atoms with van der Waals surface area (Å²) in [6.07, 6.45) is 0.907. The smallest absolute Gasteiger partial charge is 0.243 e. The van der Waals surface area contributed by atoms with E-state index in [1.165, 1.54) is 16.7 Å². The van der Waals surface area contributed by atoms with Crippen LogP contribution in [0.1, 0.15) is 20.3 Å². The first-order chi connectivity index (χ1) is 10.5. The Morgan fingerprint density at radius 3 is 2.82 bits per heavy atom. The summed E-state index contributed by atoms with van der Waals surface area (Å²) in [7, 11) is 0. The van der Waals surface area contributed by atoms with Gasteiger partial charge in [0.25, 0.3) is 0 Å². The van der Waals surface area contributed by atoms with E-state index in [9.17, 15) is 9.59 Å². The lowest BCUT2D eigenvalue weighted by atomic mass is 10.1. The average molecular weight is 338 g/mol. The minimum atomic E-state index is -0.441. The van der Waals surface area contributed by atoms with Crippen molar-refractivity contribution in [1.82, 2.24) is 10.6 Å². The molecule has 4 nitrogen and oxygen atoms in total. The van der Waals surface area contributed by atoms with Gasteiger partial charge in [-0.3, -0.25) is 9.59 Å². The van der Waals surface area contributed by atoms with E-state index < -0.39 is 10.8 Å². The lowest BCUT2D eigenvalue weighted by Crippen LogP contribution is -2.57. The monoisotopic (exact) mass is 338 g/mol.